The van der Waals surface area contributed by atoms with E-state index in [-0.39, 0.29) is 5.56 Å². The molecule has 24 heavy (non-hydrogen) atoms. The van der Waals surface area contributed by atoms with Crippen LogP contribution in [0.1, 0.15) is 62.2 Å². The number of nitro benzene ring substituents is 2. The lowest BCUT2D eigenvalue weighted by Crippen LogP contribution is -2.25. The molecular formula is C16H23N3O5. The molecule has 0 atom stereocenters. The van der Waals surface area contributed by atoms with E-state index in [9.17, 15) is 25.0 Å². The second kappa shape index (κ2) is 10.3. The van der Waals surface area contributed by atoms with Crippen LogP contribution in [0.2, 0.25) is 0 Å². The molecule has 0 aliphatic rings. The molecule has 8 nitrogen and oxygen atoms in total. The molecule has 1 N–H and O–H groups in total. The first-order valence-electron chi connectivity index (χ1n) is 8.18. The Morgan fingerprint density at radius 2 is 1.62 bits per heavy atom. The van der Waals surface area contributed by atoms with Crippen LogP contribution >= 0.6 is 0 Å². The molecule has 0 fully saturated rings. The molecule has 1 aromatic rings. The Hall–Kier alpha value is -2.51. The first-order chi connectivity index (χ1) is 11.5. The summed E-state index contributed by atoms with van der Waals surface area (Å²) >= 11 is 0. The highest BCUT2D eigenvalue weighted by Gasteiger charge is 2.23. The third-order valence-electron chi connectivity index (χ3n) is 3.70. The van der Waals surface area contributed by atoms with Crippen molar-refractivity contribution < 1.29 is 14.6 Å². The maximum atomic E-state index is 12.0. The summed E-state index contributed by atoms with van der Waals surface area (Å²) in [6, 6.07) is 3.02. The van der Waals surface area contributed by atoms with Crippen LogP contribution in [0, 0.1) is 20.2 Å². The summed E-state index contributed by atoms with van der Waals surface area (Å²) in [6.45, 7) is 2.59. The number of benzene rings is 1. The van der Waals surface area contributed by atoms with Crippen molar-refractivity contribution in [1.82, 2.24) is 5.32 Å². The third kappa shape index (κ3) is 6.31. The van der Waals surface area contributed by atoms with E-state index in [0.29, 0.717) is 6.54 Å². The molecule has 0 spiro atoms. The van der Waals surface area contributed by atoms with E-state index in [1.54, 1.807) is 0 Å². The molecule has 0 aliphatic heterocycles. The van der Waals surface area contributed by atoms with Crippen LogP contribution in [0.25, 0.3) is 0 Å². The lowest BCUT2D eigenvalue weighted by molar-refractivity contribution is -0.394. The van der Waals surface area contributed by atoms with E-state index in [4.69, 9.17) is 0 Å². The first-order valence-corrected chi connectivity index (χ1v) is 8.18. The Labute approximate surface area is 140 Å². The molecule has 1 aromatic carbocycles. The van der Waals surface area contributed by atoms with Gasteiger partial charge in [0.05, 0.1) is 15.9 Å². The Balaban J connectivity index is 2.50. The van der Waals surface area contributed by atoms with Gasteiger partial charge in [-0.25, -0.2) is 0 Å². The van der Waals surface area contributed by atoms with Crippen LogP contribution < -0.4 is 5.32 Å². The standard InChI is InChI=1S/C16H23N3O5/c1-2-3-4-5-6-7-8-11-17-16(20)14-10-9-13(18(21)22)12-15(14)19(23)24/h9-10,12H,2-8,11H2,1H3,(H,17,20). The van der Waals surface area contributed by atoms with Crippen LogP contribution in [0.15, 0.2) is 18.2 Å². The number of rotatable bonds is 11. The van der Waals surface area contributed by atoms with Crippen LogP contribution in [-0.2, 0) is 0 Å². The van der Waals surface area contributed by atoms with Crippen molar-refractivity contribution in [2.24, 2.45) is 0 Å². The predicted molar refractivity (Wildman–Crippen MR) is 90.1 cm³/mol. The topological polar surface area (TPSA) is 115 Å². The lowest BCUT2D eigenvalue weighted by Gasteiger charge is -2.06. The molecule has 1 rings (SSSR count). The number of carbonyl (C=O) groups is 1. The second-order valence-corrected chi connectivity index (χ2v) is 5.59. The van der Waals surface area contributed by atoms with Crippen molar-refractivity contribution in [1.29, 1.82) is 0 Å². The van der Waals surface area contributed by atoms with Crippen LogP contribution in [0.5, 0.6) is 0 Å². The van der Waals surface area contributed by atoms with Crippen LogP contribution in [0.3, 0.4) is 0 Å². The zero-order valence-corrected chi connectivity index (χ0v) is 13.8. The maximum absolute atomic E-state index is 12.0. The summed E-state index contributed by atoms with van der Waals surface area (Å²) in [4.78, 5) is 32.2. The highest BCUT2D eigenvalue weighted by molar-refractivity contribution is 5.98. The molecule has 0 radical (unpaired) electrons. The monoisotopic (exact) mass is 337 g/mol. The van der Waals surface area contributed by atoms with E-state index >= 15 is 0 Å². The lowest BCUT2D eigenvalue weighted by atomic mass is 10.1. The van der Waals surface area contributed by atoms with Gasteiger partial charge >= 0.3 is 0 Å². The third-order valence-corrected chi connectivity index (χ3v) is 3.70. The normalized spacial score (nSPS) is 10.4. The Morgan fingerprint density at radius 3 is 2.21 bits per heavy atom. The number of carbonyl (C=O) groups excluding carboxylic acids is 1. The summed E-state index contributed by atoms with van der Waals surface area (Å²) < 4.78 is 0. The van der Waals surface area contributed by atoms with E-state index in [1.165, 1.54) is 25.7 Å². The summed E-state index contributed by atoms with van der Waals surface area (Å²) in [5, 5.41) is 24.3. The Kier molecular flexibility index (Phi) is 8.38. The number of amides is 1. The van der Waals surface area contributed by atoms with E-state index in [0.717, 1.165) is 37.5 Å². The Morgan fingerprint density at radius 1 is 1.00 bits per heavy atom. The fourth-order valence-electron chi connectivity index (χ4n) is 2.36. The van der Waals surface area contributed by atoms with E-state index in [2.05, 4.69) is 12.2 Å². The van der Waals surface area contributed by atoms with Gasteiger partial charge in [-0.05, 0) is 12.5 Å². The SMILES string of the molecule is CCCCCCCCCNC(=O)c1ccc([N+](=O)[O-])cc1[N+](=O)[O-]. The van der Waals surface area contributed by atoms with Gasteiger partial charge in [-0.2, -0.15) is 0 Å². The summed E-state index contributed by atoms with van der Waals surface area (Å²) in [5.74, 6) is -0.581. The first kappa shape index (κ1) is 19.5. The zero-order chi connectivity index (χ0) is 17.9. The van der Waals surface area contributed by atoms with Gasteiger partial charge < -0.3 is 5.32 Å². The molecule has 0 unspecified atom stereocenters. The highest BCUT2D eigenvalue weighted by Crippen LogP contribution is 2.24. The fourth-order valence-corrected chi connectivity index (χ4v) is 2.36. The molecule has 0 heterocycles. The van der Waals surface area contributed by atoms with E-state index in [1.807, 2.05) is 0 Å². The van der Waals surface area contributed by atoms with Gasteiger partial charge in [-0.15, -0.1) is 0 Å². The van der Waals surface area contributed by atoms with E-state index < -0.39 is 27.1 Å². The molecule has 0 saturated heterocycles. The maximum Gasteiger partial charge on any atom is 0.289 e. The van der Waals surface area contributed by atoms with Crippen LogP contribution in [-0.4, -0.2) is 22.3 Å². The number of nitrogens with one attached hydrogen (secondary N) is 1. The van der Waals surface area contributed by atoms with Crippen molar-refractivity contribution >= 4 is 17.3 Å². The number of hydrogen-bond acceptors (Lipinski definition) is 5. The highest BCUT2D eigenvalue weighted by atomic mass is 16.6. The van der Waals surface area contributed by atoms with Gasteiger partial charge in [0, 0.05) is 12.6 Å². The predicted octanol–water partition coefficient (Wildman–Crippen LogP) is 3.98. The van der Waals surface area contributed by atoms with Crippen molar-refractivity contribution in [3.05, 3.63) is 44.0 Å². The van der Waals surface area contributed by atoms with Crippen molar-refractivity contribution in [3.8, 4) is 0 Å². The summed E-state index contributed by atoms with van der Waals surface area (Å²) in [6.07, 6.45) is 7.73. The minimum Gasteiger partial charge on any atom is -0.352 e. The summed E-state index contributed by atoms with van der Waals surface area (Å²) in [5.41, 5.74) is -1.12. The average Bonchev–Trinajstić information content (AvgIpc) is 2.56. The summed E-state index contributed by atoms with van der Waals surface area (Å²) in [7, 11) is 0. The molecule has 0 aliphatic carbocycles. The molecule has 8 heteroatoms. The minimum atomic E-state index is -0.782. The Bertz CT molecular complexity index is 589. The number of nitro groups is 2. The quantitative estimate of drug-likeness (QED) is 0.372. The average molecular weight is 337 g/mol. The van der Waals surface area contributed by atoms with Crippen molar-refractivity contribution in [3.63, 3.8) is 0 Å². The largest absolute Gasteiger partial charge is 0.352 e. The second-order valence-electron chi connectivity index (χ2n) is 5.59. The van der Waals surface area contributed by atoms with Crippen molar-refractivity contribution in [2.45, 2.75) is 51.9 Å². The molecule has 0 saturated carbocycles. The number of nitrogens with zero attached hydrogens (tertiary/aromatic N) is 2. The number of unbranched alkanes of at least 4 members (excludes halogenated alkanes) is 6. The zero-order valence-electron chi connectivity index (χ0n) is 13.8. The number of non-ortho nitro benzene ring substituents is 1. The molecule has 0 aromatic heterocycles. The van der Waals surface area contributed by atoms with Crippen LogP contribution in [0.4, 0.5) is 11.4 Å². The molecule has 0 bridgehead atoms. The van der Waals surface area contributed by atoms with Gasteiger partial charge in [0.1, 0.15) is 5.56 Å². The minimum absolute atomic E-state index is 0.159. The molecule has 132 valence electrons. The van der Waals surface area contributed by atoms with Crippen molar-refractivity contribution in [2.75, 3.05) is 6.54 Å². The fraction of sp³-hybridized carbons (Fsp3) is 0.562. The molecule has 1 amide bonds. The van der Waals surface area contributed by atoms with Gasteiger partial charge in [0.15, 0.2) is 0 Å². The van der Waals surface area contributed by atoms with Gasteiger partial charge in [0.2, 0.25) is 0 Å². The number of hydrogen-bond donors (Lipinski definition) is 1. The van der Waals surface area contributed by atoms with Gasteiger partial charge in [-0.3, -0.25) is 25.0 Å². The van der Waals surface area contributed by atoms with Gasteiger partial charge in [0.25, 0.3) is 17.3 Å². The molecular weight excluding hydrogens is 314 g/mol. The smallest absolute Gasteiger partial charge is 0.289 e. The van der Waals surface area contributed by atoms with Gasteiger partial charge in [-0.1, -0.05) is 45.4 Å².